The first kappa shape index (κ1) is 14.1. The lowest BCUT2D eigenvalue weighted by atomic mass is 10.1. The van der Waals surface area contributed by atoms with Crippen LogP contribution in [-0.4, -0.2) is 51.8 Å². The molecule has 114 valence electrons. The van der Waals surface area contributed by atoms with E-state index in [1.54, 1.807) is 20.3 Å². The van der Waals surface area contributed by atoms with Crippen molar-refractivity contribution >= 4 is 11.8 Å². The molecule has 1 saturated carbocycles. The molecule has 2 amide bonds. The molecule has 6 nitrogen and oxygen atoms in total. The Bertz CT molecular complexity index is 592. The molecular weight excluding hydrogens is 268 g/mol. The Hall–Kier alpha value is -1.85. The first-order valence-corrected chi connectivity index (χ1v) is 7.49. The van der Waals surface area contributed by atoms with Crippen LogP contribution < -0.4 is 0 Å². The van der Waals surface area contributed by atoms with Crippen LogP contribution in [0.4, 0.5) is 0 Å². The summed E-state index contributed by atoms with van der Waals surface area (Å²) in [6, 6.07) is -0.0669. The van der Waals surface area contributed by atoms with E-state index in [1.165, 1.54) is 4.90 Å². The second-order valence-electron chi connectivity index (χ2n) is 6.40. The van der Waals surface area contributed by atoms with Crippen LogP contribution in [0.3, 0.4) is 0 Å². The lowest BCUT2D eigenvalue weighted by Gasteiger charge is -2.34. The van der Waals surface area contributed by atoms with Crippen LogP contribution in [0.5, 0.6) is 0 Å². The molecule has 3 rings (SSSR count). The Labute approximate surface area is 124 Å². The third-order valence-electron chi connectivity index (χ3n) is 4.57. The van der Waals surface area contributed by atoms with Crippen LogP contribution in [0, 0.1) is 11.8 Å². The first-order chi connectivity index (χ1) is 9.90. The van der Waals surface area contributed by atoms with Gasteiger partial charge in [0, 0.05) is 39.3 Å². The Kier molecular flexibility index (Phi) is 3.26. The molecule has 1 aromatic rings. The van der Waals surface area contributed by atoms with Crippen molar-refractivity contribution in [3.05, 3.63) is 17.7 Å². The zero-order chi connectivity index (χ0) is 15.3. The van der Waals surface area contributed by atoms with Crippen molar-refractivity contribution in [2.45, 2.75) is 32.9 Å². The summed E-state index contributed by atoms with van der Waals surface area (Å²) in [5, 5.41) is 0. The molecule has 0 bridgehead atoms. The van der Waals surface area contributed by atoms with Gasteiger partial charge in [-0.25, -0.2) is 4.98 Å². The van der Waals surface area contributed by atoms with Crippen molar-refractivity contribution in [1.29, 1.82) is 0 Å². The molecule has 21 heavy (non-hydrogen) atoms. The predicted octanol–water partition coefficient (Wildman–Crippen LogP) is 1.14. The van der Waals surface area contributed by atoms with Gasteiger partial charge in [-0.15, -0.1) is 0 Å². The van der Waals surface area contributed by atoms with Crippen molar-refractivity contribution in [1.82, 2.24) is 19.4 Å². The third-order valence-corrected chi connectivity index (χ3v) is 4.57. The number of amides is 2. The monoisotopic (exact) mass is 290 g/mol. The van der Waals surface area contributed by atoms with Gasteiger partial charge >= 0.3 is 0 Å². The molecule has 2 heterocycles. The van der Waals surface area contributed by atoms with Crippen LogP contribution in [0.2, 0.25) is 0 Å². The molecular formula is C15H22N4O2. The highest BCUT2D eigenvalue weighted by molar-refractivity contribution is 5.91. The van der Waals surface area contributed by atoms with E-state index < -0.39 is 0 Å². The highest BCUT2D eigenvalue weighted by Crippen LogP contribution is 2.41. The third kappa shape index (κ3) is 2.32. The summed E-state index contributed by atoms with van der Waals surface area (Å²) in [5.41, 5.74) is 0.455. The summed E-state index contributed by atoms with van der Waals surface area (Å²) in [6.07, 6.45) is 2.80. The van der Waals surface area contributed by atoms with Gasteiger partial charge in [-0.05, 0) is 19.3 Å². The number of fused-ring (bicyclic) bond motifs is 1. The molecule has 6 heteroatoms. The molecule has 3 atom stereocenters. The quantitative estimate of drug-likeness (QED) is 0.821. The van der Waals surface area contributed by atoms with Gasteiger partial charge < -0.3 is 14.4 Å². The second kappa shape index (κ2) is 4.86. The van der Waals surface area contributed by atoms with Gasteiger partial charge in [-0.1, -0.05) is 6.92 Å². The molecule has 0 spiro atoms. The fourth-order valence-corrected chi connectivity index (χ4v) is 3.00. The topological polar surface area (TPSA) is 58.4 Å². The molecule has 2 aliphatic rings. The molecule has 0 N–H and O–H groups in total. The zero-order valence-corrected chi connectivity index (χ0v) is 13.0. The second-order valence-corrected chi connectivity index (χ2v) is 6.40. The SMILES string of the molecule is C[C@@H]1C[C@H]1C(=O)N1CCn2cc(C(=O)N(C)C)nc2[C@@H]1C. The molecule has 1 aliphatic heterocycles. The van der Waals surface area contributed by atoms with Gasteiger partial charge in [0.15, 0.2) is 0 Å². The average molecular weight is 290 g/mol. The Morgan fingerprint density at radius 1 is 1.29 bits per heavy atom. The van der Waals surface area contributed by atoms with E-state index in [0.717, 1.165) is 12.2 Å². The fraction of sp³-hybridized carbons (Fsp3) is 0.667. The molecule has 1 aromatic heterocycles. The maximum absolute atomic E-state index is 12.5. The van der Waals surface area contributed by atoms with E-state index in [1.807, 2.05) is 16.4 Å². The van der Waals surface area contributed by atoms with Crippen LogP contribution >= 0.6 is 0 Å². The highest BCUT2D eigenvalue weighted by atomic mass is 16.2. The molecule has 0 radical (unpaired) electrons. The summed E-state index contributed by atoms with van der Waals surface area (Å²) < 4.78 is 2.00. The minimum absolute atomic E-state index is 0.0669. The Balaban J connectivity index is 1.83. The number of rotatable bonds is 2. The van der Waals surface area contributed by atoms with E-state index in [2.05, 4.69) is 11.9 Å². The maximum atomic E-state index is 12.5. The maximum Gasteiger partial charge on any atom is 0.273 e. The van der Waals surface area contributed by atoms with E-state index in [4.69, 9.17) is 0 Å². The minimum atomic E-state index is -0.0993. The van der Waals surface area contributed by atoms with Crippen molar-refractivity contribution in [3.63, 3.8) is 0 Å². The first-order valence-electron chi connectivity index (χ1n) is 7.49. The number of nitrogens with zero attached hydrogens (tertiary/aromatic N) is 4. The predicted molar refractivity (Wildman–Crippen MR) is 77.6 cm³/mol. The summed E-state index contributed by atoms with van der Waals surface area (Å²) in [4.78, 5) is 32.4. The van der Waals surface area contributed by atoms with E-state index in [-0.39, 0.29) is 23.8 Å². The standard InChI is InChI=1S/C15H22N4O2/c1-9-7-11(9)14(20)19-6-5-18-8-12(15(21)17(3)4)16-13(18)10(19)2/h8-11H,5-7H2,1-4H3/t9-,10+,11-/m1/s1. The van der Waals surface area contributed by atoms with Crippen molar-refractivity contribution < 1.29 is 9.59 Å². The van der Waals surface area contributed by atoms with Gasteiger partial charge in [0.05, 0.1) is 6.04 Å². The van der Waals surface area contributed by atoms with Crippen LogP contribution in [0.1, 0.15) is 42.6 Å². The van der Waals surface area contributed by atoms with Gasteiger partial charge in [0.2, 0.25) is 5.91 Å². The molecule has 1 aliphatic carbocycles. The van der Waals surface area contributed by atoms with Crippen molar-refractivity contribution in [2.75, 3.05) is 20.6 Å². The summed E-state index contributed by atoms with van der Waals surface area (Å²) in [5.74, 6) is 1.66. The molecule has 0 unspecified atom stereocenters. The number of carbonyl (C=O) groups is 2. The van der Waals surface area contributed by atoms with E-state index in [0.29, 0.717) is 24.7 Å². The summed E-state index contributed by atoms with van der Waals surface area (Å²) >= 11 is 0. The normalized spacial score (nSPS) is 27.2. The number of carbonyl (C=O) groups excluding carboxylic acids is 2. The largest absolute Gasteiger partial charge is 0.343 e. The van der Waals surface area contributed by atoms with Crippen molar-refractivity contribution in [3.8, 4) is 0 Å². The van der Waals surface area contributed by atoms with E-state index in [9.17, 15) is 9.59 Å². The minimum Gasteiger partial charge on any atom is -0.343 e. The fourth-order valence-electron chi connectivity index (χ4n) is 3.00. The van der Waals surface area contributed by atoms with Gasteiger partial charge in [0.25, 0.3) is 5.91 Å². The molecule has 0 saturated heterocycles. The summed E-state index contributed by atoms with van der Waals surface area (Å²) in [7, 11) is 3.43. The van der Waals surface area contributed by atoms with Crippen LogP contribution in [0.15, 0.2) is 6.20 Å². The average Bonchev–Trinajstić information content (AvgIpc) is 3.01. The lowest BCUT2D eigenvalue weighted by molar-refractivity contribution is -0.136. The zero-order valence-electron chi connectivity index (χ0n) is 13.0. The molecule has 1 fully saturated rings. The van der Waals surface area contributed by atoms with Crippen LogP contribution in [-0.2, 0) is 11.3 Å². The highest BCUT2D eigenvalue weighted by Gasteiger charge is 2.44. The molecule has 0 aromatic carbocycles. The van der Waals surface area contributed by atoms with Gasteiger partial charge in [-0.2, -0.15) is 0 Å². The summed E-state index contributed by atoms with van der Waals surface area (Å²) in [6.45, 7) is 5.52. The Morgan fingerprint density at radius 2 is 1.95 bits per heavy atom. The van der Waals surface area contributed by atoms with Gasteiger partial charge in [-0.3, -0.25) is 9.59 Å². The smallest absolute Gasteiger partial charge is 0.273 e. The lowest BCUT2D eigenvalue weighted by Crippen LogP contribution is -2.42. The number of imidazole rings is 1. The van der Waals surface area contributed by atoms with Crippen molar-refractivity contribution in [2.24, 2.45) is 11.8 Å². The number of hydrogen-bond donors (Lipinski definition) is 0. The van der Waals surface area contributed by atoms with Crippen LogP contribution in [0.25, 0.3) is 0 Å². The van der Waals surface area contributed by atoms with Gasteiger partial charge in [0.1, 0.15) is 11.5 Å². The number of hydrogen-bond acceptors (Lipinski definition) is 3. The van der Waals surface area contributed by atoms with E-state index >= 15 is 0 Å². The number of aromatic nitrogens is 2. The Morgan fingerprint density at radius 3 is 2.52 bits per heavy atom.